The van der Waals surface area contributed by atoms with Crippen molar-refractivity contribution in [2.45, 2.75) is 71.8 Å². The van der Waals surface area contributed by atoms with Gasteiger partial charge in [0.15, 0.2) is 0 Å². The first-order chi connectivity index (χ1) is 9.67. The second kappa shape index (κ2) is 9.93. The Kier molecular flexibility index (Phi) is 8.52. The SMILES string of the molecule is CCCCCCCC(Cc1ccc(F)cc1C)NCC. The monoisotopic (exact) mass is 279 g/mol. The van der Waals surface area contributed by atoms with Gasteiger partial charge in [-0.15, -0.1) is 0 Å². The molecule has 0 aliphatic carbocycles. The van der Waals surface area contributed by atoms with Gasteiger partial charge < -0.3 is 5.32 Å². The van der Waals surface area contributed by atoms with Crippen LogP contribution in [0.4, 0.5) is 4.39 Å². The first-order valence-electron chi connectivity index (χ1n) is 8.15. The van der Waals surface area contributed by atoms with Crippen LogP contribution in [0.1, 0.15) is 63.5 Å². The zero-order valence-electron chi connectivity index (χ0n) is 13.3. The molecule has 0 fully saturated rings. The molecule has 0 heterocycles. The Bertz CT molecular complexity index is 376. The van der Waals surface area contributed by atoms with Crippen LogP contribution in [0.2, 0.25) is 0 Å². The van der Waals surface area contributed by atoms with Crippen molar-refractivity contribution in [2.24, 2.45) is 0 Å². The molecule has 1 atom stereocenters. The Morgan fingerprint density at radius 2 is 1.85 bits per heavy atom. The summed E-state index contributed by atoms with van der Waals surface area (Å²) < 4.78 is 13.1. The largest absolute Gasteiger partial charge is 0.314 e. The van der Waals surface area contributed by atoms with Crippen LogP contribution in [0.3, 0.4) is 0 Å². The van der Waals surface area contributed by atoms with Gasteiger partial charge in [-0.1, -0.05) is 52.0 Å². The minimum atomic E-state index is -0.134. The molecule has 1 aromatic carbocycles. The fraction of sp³-hybridized carbons (Fsp3) is 0.667. The van der Waals surface area contributed by atoms with Gasteiger partial charge >= 0.3 is 0 Å². The van der Waals surface area contributed by atoms with Crippen LogP contribution in [-0.2, 0) is 6.42 Å². The highest BCUT2D eigenvalue weighted by molar-refractivity contribution is 5.27. The first kappa shape index (κ1) is 17.2. The highest BCUT2D eigenvalue weighted by Gasteiger charge is 2.10. The number of benzene rings is 1. The predicted molar refractivity (Wildman–Crippen MR) is 85.7 cm³/mol. The molecular weight excluding hydrogens is 249 g/mol. The van der Waals surface area contributed by atoms with Crippen LogP contribution in [-0.4, -0.2) is 12.6 Å². The van der Waals surface area contributed by atoms with Crippen LogP contribution in [0.5, 0.6) is 0 Å². The maximum absolute atomic E-state index is 13.1. The van der Waals surface area contributed by atoms with Crippen LogP contribution in [0, 0.1) is 12.7 Å². The summed E-state index contributed by atoms with van der Waals surface area (Å²) in [5.74, 6) is -0.134. The molecule has 0 spiro atoms. The maximum Gasteiger partial charge on any atom is 0.123 e. The summed E-state index contributed by atoms with van der Waals surface area (Å²) >= 11 is 0. The summed E-state index contributed by atoms with van der Waals surface area (Å²) in [6.45, 7) is 7.41. The van der Waals surface area contributed by atoms with E-state index < -0.39 is 0 Å². The lowest BCUT2D eigenvalue weighted by Crippen LogP contribution is -2.31. The van der Waals surface area contributed by atoms with Crippen molar-refractivity contribution in [3.8, 4) is 0 Å². The molecule has 1 N–H and O–H groups in total. The molecule has 0 saturated carbocycles. The first-order valence-corrected chi connectivity index (χ1v) is 8.15. The van der Waals surface area contributed by atoms with Crippen molar-refractivity contribution >= 4 is 0 Å². The number of aryl methyl sites for hydroxylation is 1. The third-order valence-corrected chi connectivity index (χ3v) is 3.92. The normalized spacial score (nSPS) is 12.6. The van der Waals surface area contributed by atoms with E-state index in [0.29, 0.717) is 6.04 Å². The van der Waals surface area contributed by atoms with Crippen molar-refractivity contribution < 1.29 is 4.39 Å². The molecular formula is C18H30FN. The Morgan fingerprint density at radius 3 is 2.50 bits per heavy atom. The molecule has 1 unspecified atom stereocenters. The number of unbranched alkanes of at least 4 members (excludes halogenated alkanes) is 4. The fourth-order valence-corrected chi connectivity index (χ4v) is 2.71. The van der Waals surface area contributed by atoms with Gasteiger partial charge in [-0.05, 0) is 49.6 Å². The van der Waals surface area contributed by atoms with E-state index >= 15 is 0 Å². The molecule has 0 aliphatic heterocycles. The Hall–Kier alpha value is -0.890. The molecule has 0 aliphatic rings. The van der Waals surface area contributed by atoms with E-state index in [1.807, 2.05) is 13.0 Å². The summed E-state index contributed by atoms with van der Waals surface area (Å²) in [7, 11) is 0. The van der Waals surface area contributed by atoms with E-state index in [-0.39, 0.29) is 5.82 Å². The summed E-state index contributed by atoms with van der Waals surface area (Å²) in [5.41, 5.74) is 2.34. The molecule has 20 heavy (non-hydrogen) atoms. The molecule has 1 aromatic rings. The third-order valence-electron chi connectivity index (χ3n) is 3.92. The lowest BCUT2D eigenvalue weighted by atomic mass is 9.97. The molecule has 0 aromatic heterocycles. The van der Waals surface area contributed by atoms with Crippen LogP contribution in [0.25, 0.3) is 0 Å². The lowest BCUT2D eigenvalue weighted by Gasteiger charge is -2.19. The van der Waals surface area contributed by atoms with Crippen molar-refractivity contribution in [1.82, 2.24) is 5.32 Å². The topological polar surface area (TPSA) is 12.0 Å². The molecule has 0 saturated heterocycles. The molecule has 1 nitrogen and oxygen atoms in total. The zero-order chi connectivity index (χ0) is 14.8. The van der Waals surface area contributed by atoms with E-state index in [1.165, 1.54) is 44.1 Å². The van der Waals surface area contributed by atoms with Gasteiger partial charge in [-0.2, -0.15) is 0 Å². The Morgan fingerprint density at radius 1 is 1.10 bits per heavy atom. The number of halogens is 1. The summed E-state index contributed by atoms with van der Waals surface area (Å²) in [6, 6.07) is 5.67. The van der Waals surface area contributed by atoms with Gasteiger partial charge in [0, 0.05) is 6.04 Å². The summed E-state index contributed by atoms with van der Waals surface area (Å²) in [4.78, 5) is 0. The van der Waals surface area contributed by atoms with E-state index in [4.69, 9.17) is 0 Å². The Labute approximate surface area is 124 Å². The third kappa shape index (κ3) is 6.51. The smallest absolute Gasteiger partial charge is 0.123 e. The average molecular weight is 279 g/mol. The van der Waals surface area contributed by atoms with Gasteiger partial charge in [0.25, 0.3) is 0 Å². The standard InChI is InChI=1S/C18H30FN/c1-4-6-7-8-9-10-18(20-5-2)14-16-11-12-17(19)13-15(16)3/h11-13,18,20H,4-10,14H2,1-3H3. The Balaban J connectivity index is 2.45. The van der Waals surface area contributed by atoms with Gasteiger partial charge in [-0.25, -0.2) is 4.39 Å². The number of likely N-dealkylation sites (N-methyl/N-ethyl adjacent to an activating group) is 1. The summed E-state index contributed by atoms with van der Waals surface area (Å²) in [6.07, 6.45) is 8.84. The average Bonchev–Trinajstić information content (AvgIpc) is 2.41. The molecule has 2 heteroatoms. The van der Waals surface area contributed by atoms with Crippen molar-refractivity contribution in [3.63, 3.8) is 0 Å². The van der Waals surface area contributed by atoms with E-state index in [1.54, 1.807) is 12.1 Å². The molecule has 1 rings (SSSR count). The fourth-order valence-electron chi connectivity index (χ4n) is 2.71. The minimum absolute atomic E-state index is 0.134. The molecule has 0 bridgehead atoms. The van der Waals surface area contributed by atoms with Gasteiger partial charge in [0.1, 0.15) is 5.82 Å². The maximum atomic E-state index is 13.1. The molecule has 0 radical (unpaired) electrons. The van der Waals surface area contributed by atoms with Crippen LogP contribution in [0.15, 0.2) is 18.2 Å². The van der Waals surface area contributed by atoms with E-state index in [0.717, 1.165) is 18.5 Å². The number of nitrogens with one attached hydrogen (secondary N) is 1. The number of rotatable bonds is 10. The van der Waals surface area contributed by atoms with E-state index in [2.05, 4.69) is 19.2 Å². The van der Waals surface area contributed by atoms with Crippen molar-refractivity contribution in [1.29, 1.82) is 0 Å². The highest BCUT2D eigenvalue weighted by Crippen LogP contribution is 2.15. The quantitative estimate of drug-likeness (QED) is 0.593. The van der Waals surface area contributed by atoms with Gasteiger partial charge in [-0.3, -0.25) is 0 Å². The minimum Gasteiger partial charge on any atom is -0.314 e. The number of hydrogen-bond donors (Lipinski definition) is 1. The van der Waals surface area contributed by atoms with E-state index in [9.17, 15) is 4.39 Å². The van der Waals surface area contributed by atoms with Crippen LogP contribution >= 0.6 is 0 Å². The lowest BCUT2D eigenvalue weighted by molar-refractivity contribution is 0.460. The molecule has 0 amide bonds. The second-order valence-corrected chi connectivity index (χ2v) is 5.73. The number of hydrogen-bond acceptors (Lipinski definition) is 1. The summed E-state index contributed by atoms with van der Waals surface area (Å²) in [5, 5.41) is 3.57. The predicted octanol–water partition coefficient (Wildman–Crippen LogP) is 5.02. The van der Waals surface area contributed by atoms with Crippen molar-refractivity contribution in [2.75, 3.05) is 6.54 Å². The molecule has 114 valence electrons. The van der Waals surface area contributed by atoms with Crippen molar-refractivity contribution in [3.05, 3.63) is 35.1 Å². The second-order valence-electron chi connectivity index (χ2n) is 5.73. The van der Waals surface area contributed by atoms with Crippen LogP contribution < -0.4 is 5.32 Å². The van der Waals surface area contributed by atoms with Gasteiger partial charge in [0.2, 0.25) is 0 Å². The highest BCUT2D eigenvalue weighted by atomic mass is 19.1. The van der Waals surface area contributed by atoms with Gasteiger partial charge in [0.05, 0.1) is 0 Å². The zero-order valence-corrected chi connectivity index (χ0v) is 13.3.